The summed E-state index contributed by atoms with van der Waals surface area (Å²) in [5.41, 5.74) is 1.65. The number of hydrogen-bond acceptors (Lipinski definition) is 4. The Balaban J connectivity index is 2.05. The smallest absolute Gasteiger partial charge is 0.272 e. The minimum Gasteiger partial charge on any atom is -0.312 e. The number of benzene rings is 2. The van der Waals surface area contributed by atoms with Crippen LogP contribution in [0.15, 0.2) is 77.1 Å². The van der Waals surface area contributed by atoms with Crippen molar-refractivity contribution < 1.29 is 13.2 Å². The zero-order valence-electron chi connectivity index (χ0n) is 14.3. The lowest BCUT2D eigenvalue weighted by Gasteiger charge is -2.02. The molecule has 27 heavy (non-hydrogen) atoms. The molecule has 8 heteroatoms. The first-order valence-corrected chi connectivity index (χ1v) is 10.3. The van der Waals surface area contributed by atoms with Crippen LogP contribution >= 0.6 is 11.3 Å². The minimum atomic E-state index is -3.80. The van der Waals surface area contributed by atoms with Gasteiger partial charge in [0.05, 0.1) is 15.1 Å². The minimum absolute atomic E-state index is 0.0175. The second-order valence-electron chi connectivity index (χ2n) is 5.65. The van der Waals surface area contributed by atoms with Gasteiger partial charge in [0.2, 0.25) is 10.0 Å². The van der Waals surface area contributed by atoms with E-state index in [1.807, 2.05) is 30.3 Å². The van der Waals surface area contributed by atoms with Crippen molar-refractivity contribution in [1.29, 1.82) is 0 Å². The summed E-state index contributed by atoms with van der Waals surface area (Å²) in [6.07, 6.45) is 4.77. The maximum Gasteiger partial charge on any atom is 0.272 e. The Kier molecular flexibility index (Phi) is 5.50. The van der Waals surface area contributed by atoms with Gasteiger partial charge < -0.3 is 4.57 Å². The summed E-state index contributed by atoms with van der Waals surface area (Å²) < 4.78 is 25.6. The Morgan fingerprint density at radius 3 is 2.63 bits per heavy atom. The summed E-state index contributed by atoms with van der Waals surface area (Å²) in [6.45, 7) is 4.16. The number of carbonyl (C=O) groups is 1. The molecule has 1 aromatic heterocycles. The Morgan fingerprint density at radius 1 is 1.22 bits per heavy atom. The fourth-order valence-corrected chi connectivity index (χ4v) is 4.18. The number of nitrogens with zero attached hydrogens (tertiary/aromatic N) is 2. The largest absolute Gasteiger partial charge is 0.312 e. The second-order valence-corrected chi connectivity index (χ2v) is 8.22. The fraction of sp³-hybridized carbons (Fsp3) is 0.0526. The van der Waals surface area contributed by atoms with Gasteiger partial charge in [0, 0.05) is 12.6 Å². The molecular weight excluding hydrogens is 382 g/mol. The van der Waals surface area contributed by atoms with Gasteiger partial charge in [-0.15, -0.1) is 6.58 Å². The second kappa shape index (κ2) is 7.83. The highest BCUT2D eigenvalue weighted by atomic mass is 32.2. The number of nitrogens with two attached hydrogens (primary N) is 1. The molecule has 138 valence electrons. The van der Waals surface area contributed by atoms with Crippen LogP contribution in [-0.4, -0.2) is 18.9 Å². The topological polar surface area (TPSA) is 94.5 Å². The zero-order chi connectivity index (χ0) is 19.4. The van der Waals surface area contributed by atoms with Gasteiger partial charge in [0.25, 0.3) is 5.91 Å². The lowest BCUT2D eigenvalue weighted by atomic mass is 10.2. The fourth-order valence-electron chi connectivity index (χ4n) is 2.48. The summed E-state index contributed by atoms with van der Waals surface area (Å²) in [7, 11) is -3.80. The van der Waals surface area contributed by atoms with E-state index in [9.17, 15) is 13.2 Å². The Labute approximate surface area is 160 Å². The lowest BCUT2D eigenvalue weighted by Crippen LogP contribution is -2.15. The van der Waals surface area contributed by atoms with Gasteiger partial charge in [-0.3, -0.25) is 4.79 Å². The third kappa shape index (κ3) is 4.48. The molecule has 3 aromatic rings. The van der Waals surface area contributed by atoms with E-state index >= 15 is 0 Å². The highest BCUT2D eigenvalue weighted by Crippen LogP contribution is 2.21. The highest BCUT2D eigenvalue weighted by molar-refractivity contribution is 7.89. The third-order valence-corrected chi connectivity index (χ3v) is 5.67. The number of thiazole rings is 1. The van der Waals surface area contributed by atoms with Crippen LogP contribution in [0.1, 0.15) is 5.56 Å². The van der Waals surface area contributed by atoms with E-state index in [4.69, 9.17) is 5.14 Å². The predicted octanol–water partition coefficient (Wildman–Crippen LogP) is 2.68. The Morgan fingerprint density at radius 2 is 1.96 bits per heavy atom. The van der Waals surface area contributed by atoms with Gasteiger partial charge in [-0.05, 0) is 29.8 Å². The number of amides is 1. The van der Waals surface area contributed by atoms with Crippen LogP contribution in [0.4, 0.5) is 0 Å². The van der Waals surface area contributed by atoms with Gasteiger partial charge in [-0.25, -0.2) is 13.6 Å². The number of fused-ring (bicyclic) bond motifs is 1. The number of rotatable bonds is 5. The average molecular weight is 399 g/mol. The van der Waals surface area contributed by atoms with Crippen molar-refractivity contribution in [3.05, 3.63) is 77.6 Å². The summed E-state index contributed by atoms with van der Waals surface area (Å²) in [6, 6.07) is 14.0. The summed E-state index contributed by atoms with van der Waals surface area (Å²) in [5.74, 6) is -0.408. The van der Waals surface area contributed by atoms with E-state index in [0.29, 0.717) is 16.0 Å². The van der Waals surface area contributed by atoms with Crippen LogP contribution in [0.2, 0.25) is 0 Å². The number of carbonyl (C=O) groups excluding carboxylic acids is 1. The van der Waals surface area contributed by atoms with E-state index in [2.05, 4.69) is 11.6 Å². The molecule has 0 saturated carbocycles. The Bertz CT molecular complexity index is 1200. The van der Waals surface area contributed by atoms with E-state index in [-0.39, 0.29) is 4.90 Å². The monoisotopic (exact) mass is 399 g/mol. The molecule has 0 saturated heterocycles. The quantitative estimate of drug-likeness (QED) is 0.528. The highest BCUT2D eigenvalue weighted by Gasteiger charge is 2.12. The molecule has 0 spiro atoms. The predicted molar refractivity (Wildman–Crippen MR) is 107 cm³/mol. The van der Waals surface area contributed by atoms with Crippen molar-refractivity contribution in [3.8, 4) is 0 Å². The average Bonchev–Trinajstić information content (AvgIpc) is 2.97. The molecule has 1 amide bonds. The number of hydrogen-bond donors (Lipinski definition) is 1. The molecule has 0 unspecified atom stereocenters. The molecule has 0 aliphatic heterocycles. The normalized spacial score (nSPS) is 12.7. The molecule has 0 radical (unpaired) electrons. The van der Waals surface area contributed by atoms with E-state index in [1.54, 1.807) is 22.8 Å². The zero-order valence-corrected chi connectivity index (χ0v) is 15.9. The molecule has 2 N–H and O–H groups in total. The maximum atomic E-state index is 12.2. The van der Waals surface area contributed by atoms with Crippen LogP contribution in [0.5, 0.6) is 0 Å². The first-order valence-electron chi connectivity index (χ1n) is 7.97. The molecule has 0 aliphatic carbocycles. The van der Waals surface area contributed by atoms with Crippen LogP contribution in [0.25, 0.3) is 16.3 Å². The molecular formula is C19H17N3O3S2. The molecule has 2 aromatic carbocycles. The van der Waals surface area contributed by atoms with Crippen molar-refractivity contribution >= 4 is 43.6 Å². The molecule has 0 atom stereocenters. The summed E-state index contributed by atoms with van der Waals surface area (Å²) in [5, 5.41) is 5.19. The molecule has 1 heterocycles. The van der Waals surface area contributed by atoms with Crippen molar-refractivity contribution in [3.63, 3.8) is 0 Å². The van der Waals surface area contributed by atoms with Crippen molar-refractivity contribution in [1.82, 2.24) is 4.57 Å². The number of aromatic nitrogens is 1. The van der Waals surface area contributed by atoms with Gasteiger partial charge in [-0.1, -0.05) is 47.7 Å². The van der Waals surface area contributed by atoms with Crippen LogP contribution in [0.3, 0.4) is 0 Å². The molecule has 0 aliphatic rings. The first kappa shape index (κ1) is 19.0. The number of primary sulfonamides is 1. The van der Waals surface area contributed by atoms with Crippen molar-refractivity contribution in [2.75, 3.05) is 0 Å². The van der Waals surface area contributed by atoms with Crippen LogP contribution in [0, 0.1) is 0 Å². The van der Waals surface area contributed by atoms with Crippen molar-refractivity contribution in [2.24, 2.45) is 10.1 Å². The standard InChI is InChI=1S/C19H17N3O3S2/c1-2-12-22-16-10-9-15(27(20,24)25)13-17(16)26-19(22)21-18(23)11-8-14-6-4-3-5-7-14/h2-11,13H,1,12H2,(H2,20,24,25)/b11-8+,21-19?. The number of allylic oxidation sites excluding steroid dienone is 1. The van der Waals surface area contributed by atoms with Gasteiger partial charge in [-0.2, -0.15) is 4.99 Å². The molecule has 0 bridgehead atoms. The maximum absolute atomic E-state index is 12.2. The van der Waals surface area contributed by atoms with Gasteiger partial charge in [0.1, 0.15) is 0 Å². The summed E-state index contributed by atoms with van der Waals surface area (Å²) in [4.78, 5) is 16.9. The van der Waals surface area contributed by atoms with Gasteiger partial charge in [0.15, 0.2) is 4.80 Å². The van der Waals surface area contributed by atoms with Gasteiger partial charge >= 0.3 is 0 Å². The van der Waals surface area contributed by atoms with E-state index < -0.39 is 15.9 Å². The first-order chi connectivity index (χ1) is 12.9. The Hall–Kier alpha value is -2.81. The summed E-state index contributed by atoms with van der Waals surface area (Å²) >= 11 is 1.22. The van der Waals surface area contributed by atoms with E-state index in [1.165, 1.54) is 29.5 Å². The molecule has 6 nitrogen and oxygen atoms in total. The van der Waals surface area contributed by atoms with Crippen LogP contribution < -0.4 is 9.94 Å². The van der Waals surface area contributed by atoms with Crippen molar-refractivity contribution in [2.45, 2.75) is 11.4 Å². The third-order valence-electron chi connectivity index (χ3n) is 3.72. The molecule has 0 fully saturated rings. The number of sulfonamides is 1. The van der Waals surface area contributed by atoms with Crippen LogP contribution in [-0.2, 0) is 21.4 Å². The lowest BCUT2D eigenvalue weighted by molar-refractivity contribution is -0.113. The SMILES string of the molecule is C=CCn1c(=NC(=O)/C=C/c2ccccc2)sc2cc(S(N)(=O)=O)ccc21. The molecule has 3 rings (SSSR count). The van der Waals surface area contributed by atoms with E-state index in [0.717, 1.165) is 11.1 Å².